The largest absolute Gasteiger partial charge is 0.489 e. The summed E-state index contributed by atoms with van der Waals surface area (Å²) in [5.41, 5.74) is 6.51. The quantitative estimate of drug-likeness (QED) is 0.512. The molecule has 37 heavy (non-hydrogen) atoms. The Kier molecular flexibility index (Phi) is 8.28. The van der Waals surface area contributed by atoms with Crippen molar-refractivity contribution in [2.75, 3.05) is 20.1 Å². The van der Waals surface area contributed by atoms with Gasteiger partial charge in [-0.2, -0.15) is 18.3 Å². The molecule has 2 aromatic heterocycles. The first kappa shape index (κ1) is 26.8. The summed E-state index contributed by atoms with van der Waals surface area (Å²) in [7, 11) is 2.09. The summed E-state index contributed by atoms with van der Waals surface area (Å²) >= 11 is 1.24. The number of aryl methyl sites for hydroxylation is 1. The fraction of sp³-hybridized carbons (Fsp3) is 0.440. The van der Waals surface area contributed by atoms with Gasteiger partial charge in [-0.1, -0.05) is 11.3 Å². The van der Waals surface area contributed by atoms with Gasteiger partial charge >= 0.3 is 11.0 Å². The number of pyridine rings is 1. The van der Waals surface area contributed by atoms with Gasteiger partial charge in [0.05, 0.1) is 0 Å². The molecule has 1 atom stereocenters. The number of nitrogens with two attached hydrogens (primary N) is 1. The lowest BCUT2D eigenvalue weighted by molar-refractivity contribution is -0.141. The van der Waals surface area contributed by atoms with Crippen molar-refractivity contribution in [3.8, 4) is 5.75 Å². The first-order valence-electron chi connectivity index (χ1n) is 12.0. The van der Waals surface area contributed by atoms with Crippen molar-refractivity contribution in [1.29, 1.82) is 0 Å². The standard InChI is InChI=1S/C18H17F3N2O2.C7H11N3OS/c19-18(20,21)16-9-12(14-3-1-2-4-15(14)23-16)10-25-13-7-5-11(6-8-13)17(22)24;1-10-3-2-5(4-10)6-8-9-7(11)12-6/h5-9H,1-4,10H2,(H2,22,24);5H,2-4H2,1H3,(H,9,11)/t;5-/m.1/s1. The number of benzene rings is 1. The summed E-state index contributed by atoms with van der Waals surface area (Å²) in [4.78, 5) is 27.9. The normalized spacial score (nSPS) is 17.6. The second-order valence-electron chi connectivity index (χ2n) is 9.17. The topological polar surface area (TPSA) is 114 Å². The fourth-order valence-electron chi connectivity index (χ4n) is 4.49. The zero-order valence-corrected chi connectivity index (χ0v) is 21.1. The van der Waals surface area contributed by atoms with Gasteiger partial charge in [-0.25, -0.2) is 10.1 Å². The van der Waals surface area contributed by atoms with Gasteiger partial charge in [0.15, 0.2) is 0 Å². The van der Waals surface area contributed by atoms with Crippen molar-refractivity contribution in [3.63, 3.8) is 0 Å². The van der Waals surface area contributed by atoms with Crippen LogP contribution in [0.4, 0.5) is 13.2 Å². The summed E-state index contributed by atoms with van der Waals surface area (Å²) in [6, 6.07) is 7.24. The maximum Gasteiger partial charge on any atom is 0.433 e. The first-order chi connectivity index (χ1) is 17.6. The van der Waals surface area contributed by atoms with Crippen LogP contribution in [0.3, 0.4) is 0 Å². The van der Waals surface area contributed by atoms with E-state index in [1.165, 1.54) is 23.5 Å². The zero-order chi connectivity index (χ0) is 26.6. The van der Waals surface area contributed by atoms with Gasteiger partial charge in [0, 0.05) is 23.7 Å². The van der Waals surface area contributed by atoms with Crippen LogP contribution in [0.5, 0.6) is 5.75 Å². The summed E-state index contributed by atoms with van der Waals surface area (Å²) < 4.78 is 44.8. The Bertz CT molecular complexity index is 1290. The van der Waals surface area contributed by atoms with Crippen molar-refractivity contribution < 1.29 is 22.7 Å². The Balaban J connectivity index is 0.000000222. The van der Waals surface area contributed by atoms with E-state index in [4.69, 9.17) is 10.5 Å². The monoisotopic (exact) mass is 535 g/mol. The maximum absolute atomic E-state index is 13.1. The molecule has 0 bridgehead atoms. The van der Waals surface area contributed by atoms with E-state index in [2.05, 4.69) is 27.1 Å². The molecule has 0 radical (unpaired) electrons. The van der Waals surface area contributed by atoms with E-state index >= 15 is 0 Å². The molecule has 1 saturated heterocycles. The number of aromatic amines is 1. The molecule has 1 amide bonds. The molecule has 0 unspecified atom stereocenters. The van der Waals surface area contributed by atoms with E-state index in [0.29, 0.717) is 41.3 Å². The molecule has 5 rings (SSSR count). The van der Waals surface area contributed by atoms with Crippen LogP contribution in [0.1, 0.15) is 63.1 Å². The Labute approximate surface area is 215 Å². The number of alkyl halides is 3. The van der Waals surface area contributed by atoms with E-state index in [1.54, 1.807) is 12.1 Å². The molecule has 8 nitrogen and oxygen atoms in total. The summed E-state index contributed by atoms with van der Waals surface area (Å²) in [5.74, 6) is 0.378. The summed E-state index contributed by atoms with van der Waals surface area (Å²) in [6.45, 7) is 2.16. The van der Waals surface area contributed by atoms with Crippen LogP contribution in [0, 0.1) is 0 Å². The number of primary amides is 1. The number of amides is 1. The Morgan fingerprint density at radius 3 is 2.57 bits per heavy atom. The van der Waals surface area contributed by atoms with E-state index in [9.17, 15) is 22.8 Å². The Morgan fingerprint density at radius 2 is 1.97 bits per heavy atom. The SMILES string of the molecule is CN1CC[C@@H](c2n[nH]c(=O)s2)C1.NC(=O)c1ccc(OCc2cc(C(F)(F)F)nc3c2CCCC3)cc1. The highest BCUT2D eigenvalue weighted by atomic mass is 32.1. The molecule has 2 aliphatic rings. The number of likely N-dealkylation sites (N-methyl/N-ethyl adjacent to an activating group) is 1. The number of hydrogen-bond acceptors (Lipinski definition) is 7. The number of ether oxygens (including phenoxy) is 1. The number of carbonyl (C=O) groups excluding carboxylic acids is 1. The lowest BCUT2D eigenvalue weighted by atomic mass is 9.92. The van der Waals surface area contributed by atoms with Crippen LogP contribution in [-0.4, -0.2) is 46.1 Å². The molecule has 0 saturated carbocycles. The van der Waals surface area contributed by atoms with Crippen molar-refractivity contribution in [1.82, 2.24) is 20.1 Å². The van der Waals surface area contributed by atoms with E-state index in [0.717, 1.165) is 49.0 Å². The van der Waals surface area contributed by atoms with Gasteiger partial charge < -0.3 is 15.4 Å². The summed E-state index contributed by atoms with van der Waals surface area (Å²) in [5, 5.41) is 7.40. The number of likely N-dealkylation sites (tertiary alicyclic amines) is 1. The molecule has 12 heteroatoms. The number of aromatic nitrogens is 3. The van der Waals surface area contributed by atoms with Crippen molar-refractivity contribution in [3.05, 3.63) is 73.1 Å². The number of nitrogens with one attached hydrogen (secondary N) is 1. The smallest absolute Gasteiger partial charge is 0.433 e. The summed E-state index contributed by atoms with van der Waals surface area (Å²) in [6.07, 6.45) is -0.322. The van der Waals surface area contributed by atoms with Gasteiger partial charge in [0.2, 0.25) is 5.91 Å². The van der Waals surface area contributed by atoms with Gasteiger partial charge in [-0.05, 0) is 87.2 Å². The average Bonchev–Trinajstić information content (AvgIpc) is 3.50. The zero-order valence-electron chi connectivity index (χ0n) is 20.3. The number of H-pyrrole nitrogens is 1. The van der Waals surface area contributed by atoms with Crippen LogP contribution >= 0.6 is 11.3 Å². The number of halogens is 3. The molecule has 3 heterocycles. The third-order valence-corrected chi connectivity index (χ3v) is 7.32. The van der Waals surface area contributed by atoms with Crippen LogP contribution in [0.2, 0.25) is 0 Å². The van der Waals surface area contributed by atoms with E-state index in [1.807, 2.05) is 0 Å². The van der Waals surface area contributed by atoms with Gasteiger partial charge in [-0.3, -0.25) is 9.59 Å². The molecule has 1 aliphatic heterocycles. The van der Waals surface area contributed by atoms with Crippen LogP contribution in [0.25, 0.3) is 0 Å². The number of nitrogens with zero attached hydrogens (tertiary/aromatic N) is 3. The van der Waals surface area contributed by atoms with Crippen LogP contribution in [-0.2, 0) is 25.6 Å². The van der Waals surface area contributed by atoms with Crippen molar-refractivity contribution in [2.24, 2.45) is 5.73 Å². The van der Waals surface area contributed by atoms with Crippen LogP contribution < -0.4 is 15.3 Å². The molecular formula is C25H28F3N5O3S. The van der Waals surface area contributed by atoms with E-state index in [-0.39, 0.29) is 11.5 Å². The van der Waals surface area contributed by atoms with Crippen molar-refractivity contribution >= 4 is 17.2 Å². The molecular weight excluding hydrogens is 507 g/mol. The highest BCUT2D eigenvalue weighted by molar-refractivity contribution is 7.08. The van der Waals surface area contributed by atoms with Crippen molar-refractivity contribution in [2.45, 2.75) is 50.8 Å². The molecule has 1 aliphatic carbocycles. The second-order valence-corrected chi connectivity index (χ2v) is 10.2. The highest BCUT2D eigenvalue weighted by Crippen LogP contribution is 2.33. The lowest BCUT2D eigenvalue weighted by Gasteiger charge is -2.21. The number of rotatable bonds is 5. The Morgan fingerprint density at radius 1 is 1.24 bits per heavy atom. The van der Waals surface area contributed by atoms with E-state index < -0.39 is 17.8 Å². The minimum absolute atomic E-state index is 0.0177. The Hall–Kier alpha value is -3.25. The molecule has 198 valence electrons. The minimum Gasteiger partial charge on any atom is -0.489 e. The minimum atomic E-state index is -4.48. The van der Waals surface area contributed by atoms with Gasteiger partial charge in [0.1, 0.15) is 23.1 Å². The fourth-order valence-corrected chi connectivity index (χ4v) is 5.22. The van der Waals surface area contributed by atoms with Gasteiger partial charge in [0.25, 0.3) is 0 Å². The maximum atomic E-state index is 13.1. The molecule has 3 N–H and O–H groups in total. The second kappa shape index (κ2) is 11.4. The first-order valence-corrected chi connectivity index (χ1v) is 12.8. The predicted molar refractivity (Wildman–Crippen MR) is 133 cm³/mol. The number of hydrogen-bond donors (Lipinski definition) is 2. The number of fused-ring (bicyclic) bond motifs is 1. The van der Waals surface area contributed by atoms with Crippen LogP contribution in [0.15, 0.2) is 35.1 Å². The average molecular weight is 536 g/mol. The number of carbonyl (C=O) groups is 1. The highest BCUT2D eigenvalue weighted by Gasteiger charge is 2.34. The third-order valence-electron chi connectivity index (χ3n) is 6.41. The molecule has 0 spiro atoms. The molecule has 3 aromatic rings. The molecule has 1 aromatic carbocycles. The van der Waals surface area contributed by atoms with Gasteiger partial charge in [-0.15, -0.1) is 0 Å². The lowest BCUT2D eigenvalue weighted by Crippen LogP contribution is -2.17. The molecule has 1 fully saturated rings. The third kappa shape index (κ3) is 6.95. The predicted octanol–water partition coefficient (Wildman–Crippen LogP) is 3.91.